The van der Waals surface area contributed by atoms with E-state index in [2.05, 4.69) is 18.7 Å². The fourth-order valence-electron chi connectivity index (χ4n) is 3.40. The Labute approximate surface area is 140 Å². The first-order valence-electron chi connectivity index (χ1n) is 8.62. The summed E-state index contributed by atoms with van der Waals surface area (Å²) in [6, 6.07) is 7.40. The second-order valence-electron chi connectivity index (χ2n) is 7.13. The molecule has 0 aliphatic carbocycles. The molecule has 4 heteroatoms. The van der Waals surface area contributed by atoms with E-state index in [1.165, 1.54) is 19.5 Å². The van der Waals surface area contributed by atoms with Gasteiger partial charge in [0.15, 0.2) is 0 Å². The van der Waals surface area contributed by atoms with Crippen molar-refractivity contribution in [3.8, 4) is 5.75 Å². The van der Waals surface area contributed by atoms with E-state index >= 15 is 0 Å². The lowest BCUT2D eigenvalue weighted by Gasteiger charge is -2.34. The highest BCUT2D eigenvalue weighted by Crippen LogP contribution is 2.21. The maximum Gasteiger partial charge on any atom is 0.253 e. The third-order valence-electron chi connectivity index (χ3n) is 4.34. The maximum absolute atomic E-state index is 11.8. The maximum atomic E-state index is 11.8. The molecule has 1 aliphatic rings. The fraction of sp³-hybridized carbons (Fsp3) is 0.632. The van der Waals surface area contributed by atoms with Crippen molar-refractivity contribution in [1.82, 2.24) is 9.80 Å². The van der Waals surface area contributed by atoms with Crippen molar-refractivity contribution in [2.75, 3.05) is 40.3 Å². The van der Waals surface area contributed by atoms with E-state index in [1.54, 1.807) is 19.0 Å². The van der Waals surface area contributed by atoms with Gasteiger partial charge in [0.25, 0.3) is 5.91 Å². The zero-order valence-corrected chi connectivity index (χ0v) is 14.9. The van der Waals surface area contributed by atoms with Gasteiger partial charge in [-0.3, -0.25) is 4.79 Å². The van der Waals surface area contributed by atoms with Crippen LogP contribution in [-0.4, -0.2) is 56.0 Å². The molecule has 23 heavy (non-hydrogen) atoms. The minimum atomic E-state index is 0.0184. The molecular weight excluding hydrogens is 288 g/mol. The molecule has 1 aliphatic heterocycles. The zero-order valence-electron chi connectivity index (χ0n) is 14.9. The van der Waals surface area contributed by atoms with Crippen molar-refractivity contribution in [2.24, 2.45) is 11.8 Å². The normalized spacial score (nSPS) is 21.9. The van der Waals surface area contributed by atoms with Crippen LogP contribution in [-0.2, 0) is 0 Å². The minimum Gasteiger partial charge on any atom is -0.494 e. The Morgan fingerprint density at radius 1 is 1.17 bits per heavy atom. The van der Waals surface area contributed by atoms with Gasteiger partial charge >= 0.3 is 0 Å². The summed E-state index contributed by atoms with van der Waals surface area (Å²) in [4.78, 5) is 16.0. The number of carbonyl (C=O) groups excluding carboxylic acids is 1. The molecule has 2 atom stereocenters. The number of piperidine rings is 1. The molecule has 1 unspecified atom stereocenters. The van der Waals surface area contributed by atoms with Crippen LogP contribution >= 0.6 is 0 Å². The van der Waals surface area contributed by atoms with Crippen molar-refractivity contribution >= 4 is 5.91 Å². The molecular formula is C19H30N2O2. The van der Waals surface area contributed by atoms with E-state index in [0.717, 1.165) is 37.2 Å². The van der Waals surface area contributed by atoms with Gasteiger partial charge in [-0.05, 0) is 48.9 Å². The summed E-state index contributed by atoms with van der Waals surface area (Å²) in [6.07, 6.45) is 2.39. The number of ether oxygens (including phenoxy) is 1. The van der Waals surface area contributed by atoms with E-state index in [0.29, 0.717) is 5.56 Å². The minimum absolute atomic E-state index is 0.0184. The molecule has 0 N–H and O–H groups in total. The smallest absolute Gasteiger partial charge is 0.253 e. The molecule has 0 saturated carbocycles. The highest BCUT2D eigenvalue weighted by atomic mass is 16.5. The van der Waals surface area contributed by atoms with Crippen LogP contribution in [0.4, 0.5) is 0 Å². The summed E-state index contributed by atoms with van der Waals surface area (Å²) in [5.74, 6) is 2.47. The van der Waals surface area contributed by atoms with Crippen molar-refractivity contribution in [2.45, 2.75) is 26.7 Å². The summed E-state index contributed by atoms with van der Waals surface area (Å²) < 4.78 is 5.79. The molecule has 1 heterocycles. The molecule has 1 aromatic carbocycles. The Kier molecular flexibility index (Phi) is 6.46. The molecule has 1 fully saturated rings. The van der Waals surface area contributed by atoms with Crippen LogP contribution in [0, 0.1) is 11.8 Å². The summed E-state index contributed by atoms with van der Waals surface area (Å²) in [5.41, 5.74) is 0.693. The highest BCUT2D eigenvalue weighted by molar-refractivity contribution is 5.93. The van der Waals surface area contributed by atoms with Crippen LogP contribution in [0.2, 0.25) is 0 Å². The second-order valence-corrected chi connectivity index (χ2v) is 7.13. The van der Waals surface area contributed by atoms with Crippen LogP contribution in [0.25, 0.3) is 0 Å². The fourth-order valence-corrected chi connectivity index (χ4v) is 3.40. The van der Waals surface area contributed by atoms with Gasteiger partial charge in [-0.1, -0.05) is 13.8 Å². The molecule has 4 nitrogen and oxygen atoms in total. The molecule has 0 aromatic heterocycles. The van der Waals surface area contributed by atoms with Crippen molar-refractivity contribution in [1.29, 1.82) is 0 Å². The van der Waals surface area contributed by atoms with Crippen molar-refractivity contribution in [3.63, 3.8) is 0 Å². The Balaban J connectivity index is 1.71. The number of amides is 1. The van der Waals surface area contributed by atoms with E-state index < -0.39 is 0 Å². The summed E-state index contributed by atoms with van der Waals surface area (Å²) in [6.45, 7) is 8.94. The predicted octanol–water partition coefficient (Wildman–Crippen LogP) is 3.14. The molecule has 1 amide bonds. The van der Waals surface area contributed by atoms with E-state index in [9.17, 15) is 4.79 Å². The lowest BCUT2D eigenvalue weighted by molar-refractivity contribution is 0.0827. The summed E-state index contributed by atoms with van der Waals surface area (Å²) >= 11 is 0. The third kappa shape index (κ3) is 5.54. The Morgan fingerprint density at radius 2 is 1.78 bits per heavy atom. The van der Waals surface area contributed by atoms with Crippen molar-refractivity contribution < 1.29 is 9.53 Å². The molecule has 0 spiro atoms. The average molecular weight is 318 g/mol. The van der Waals surface area contributed by atoms with Gasteiger partial charge in [-0.25, -0.2) is 0 Å². The van der Waals surface area contributed by atoms with E-state index in [4.69, 9.17) is 4.74 Å². The second kappa shape index (κ2) is 8.34. The van der Waals surface area contributed by atoms with Gasteiger partial charge in [-0.15, -0.1) is 0 Å². The van der Waals surface area contributed by atoms with Gasteiger partial charge in [0.1, 0.15) is 5.75 Å². The molecule has 128 valence electrons. The van der Waals surface area contributed by atoms with Gasteiger partial charge < -0.3 is 14.5 Å². The molecule has 1 saturated heterocycles. The Hall–Kier alpha value is -1.55. The monoisotopic (exact) mass is 318 g/mol. The predicted molar refractivity (Wildman–Crippen MR) is 94.0 cm³/mol. The summed E-state index contributed by atoms with van der Waals surface area (Å²) in [5, 5.41) is 0. The van der Waals surface area contributed by atoms with Crippen LogP contribution in [0.1, 0.15) is 37.0 Å². The summed E-state index contributed by atoms with van der Waals surface area (Å²) in [7, 11) is 3.52. The van der Waals surface area contributed by atoms with Crippen LogP contribution in [0.3, 0.4) is 0 Å². The largest absolute Gasteiger partial charge is 0.494 e. The number of likely N-dealkylation sites (tertiary alicyclic amines) is 1. The number of carbonyl (C=O) groups is 1. The molecule has 1 aromatic rings. The topological polar surface area (TPSA) is 32.8 Å². The van der Waals surface area contributed by atoms with Crippen LogP contribution in [0.5, 0.6) is 5.75 Å². The Bertz CT molecular complexity index is 489. The number of nitrogens with zero attached hydrogens (tertiary/aromatic N) is 2. The average Bonchev–Trinajstić information content (AvgIpc) is 2.50. The first kappa shape index (κ1) is 17.8. The first-order chi connectivity index (χ1) is 11.0. The van der Waals surface area contributed by atoms with Gasteiger partial charge in [0.05, 0.1) is 6.61 Å². The SMILES string of the molecule is CC1C[C@H](C)CN(CCCOc2ccc(C(=O)N(C)C)cc2)C1. The lowest BCUT2D eigenvalue weighted by atomic mass is 9.92. The quantitative estimate of drug-likeness (QED) is 0.756. The lowest BCUT2D eigenvalue weighted by Crippen LogP contribution is -2.39. The first-order valence-corrected chi connectivity index (χ1v) is 8.62. The van der Waals surface area contributed by atoms with Crippen LogP contribution < -0.4 is 4.74 Å². The Morgan fingerprint density at radius 3 is 2.35 bits per heavy atom. The van der Waals surface area contributed by atoms with Gasteiger partial charge in [0, 0.05) is 39.3 Å². The van der Waals surface area contributed by atoms with E-state index in [1.807, 2.05) is 24.3 Å². The van der Waals surface area contributed by atoms with Gasteiger partial charge in [-0.2, -0.15) is 0 Å². The number of benzene rings is 1. The number of rotatable bonds is 6. The molecule has 0 radical (unpaired) electrons. The zero-order chi connectivity index (χ0) is 16.8. The third-order valence-corrected chi connectivity index (χ3v) is 4.34. The van der Waals surface area contributed by atoms with Crippen LogP contribution in [0.15, 0.2) is 24.3 Å². The van der Waals surface area contributed by atoms with E-state index in [-0.39, 0.29) is 5.91 Å². The number of hydrogen-bond acceptors (Lipinski definition) is 3. The molecule has 0 bridgehead atoms. The number of hydrogen-bond donors (Lipinski definition) is 0. The van der Waals surface area contributed by atoms with Gasteiger partial charge in [0.2, 0.25) is 0 Å². The standard InChI is InChI=1S/C19H30N2O2/c1-15-12-16(2)14-21(13-15)10-5-11-23-18-8-6-17(7-9-18)19(22)20(3)4/h6-9,15-16H,5,10-14H2,1-4H3/t15-,16?/m0/s1. The molecule has 2 rings (SSSR count). The van der Waals surface area contributed by atoms with Crippen molar-refractivity contribution in [3.05, 3.63) is 29.8 Å². The highest BCUT2D eigenvalue weighted by Gasteiger charge is 2.21.